The molecule has 2 aromatic rings. The van der Waals surface area contributed by atoms with Crippen LogP contribution in [0.25, 0.3) is 11.0 Å². The molecule has 0 radical (unpaired) electrons. The zero-order valence-corrected chi connectivity index (χ0v) is 11.5. The van der Waals surface area contributed by atoms with Crippen LogP contribution in [0.3, 0.4) is 0 Å². The molecule has 0 bridgehead atoms. The van der Waals surface area contributed by atoms with Gasteiger partial charge >= 0.3 is 0 Å². The fraction of sp³-hybridized carbons (Fsp3) is 0.462. The van der Waals surface area contributed by atoms with Gasteiger partial charge in [0.25, 0.3) is 0 Å². The summed E-state index contributed by atoms with van der Waals surface area (Å²) in [6.07, 6.45) is 1.04. The Kier molecular flexibility index (Phi) is 3.33. The van der Waals surface area contributed by atoms with Gasteiger partial charge in [0, 0.05) is 0 Å². The average Bonchev–Trinajstić information content (AvgIpc) is 2.70. The summed E-state index contributed by atoms with van der Waals surface area (Å²) in [5.74, 6) is 1.58. The quantitative estimate of drug-likeness (QED) is 0.822. The predicted octanol–water partition coefficient (Wildman–Crippen LogP) is 4.53. The van der Waals surface area contributed by atoms with Crippen LogP contribution in [0.15, 0.2) is 18.2 Å². The van der Waals surface area contributed by atoms with Gasteiger partial charge in [0.1, 0.15) is 5.82 Å². The van der Waals surface area contributed by atoms with Gasteiger partial charge < -0.3 is 4.98 Å². The van der Waals surface area contributed by atoms with Crippen LogP contribution in [0, 0.1) is 0 Å². The minimum Gasteiger partial charge on any atom is -0.341 e. The van der Waals surface area contributed by atoms with E-state index >= 15 is 0 Å². The van der Waals surface area contributed by atoms with E-state index in [0.717, 1.165) is 23.3 Å². The molecule has 2 nitrogen and oxygen atoms in total. The molecule has 0 aliphatic heterocycles. The topological polar surface area (TPSA) is 28.7 Å². The van der Waals surface area contributed by atoms with Crippen LogP contribution in [0.1, 0.15) is 49.3 Å². The van der Waals surface area contributed by atoms with E-state index in [4.69, 9.17) is 0 Å². The molecule has 0 spiro atoms. The van der Waals surface area contributed by atoms with Gasteiger partial charge in [-0.15, -0.1) is 0 Å². The molecule has 0 saturated carbocycles. The van der Waals surface area contributed by atoms with Crippen LogP contribution < -0.4 is 0 Å². The van der Waals surface area contributed by atoms with Crippen LogP contribution in [0.4, 0.5) is 0 Å². The lowest BCUT2D eigenvalue weighted by Gasteiger charge is -2.03. The predicted molar refractivity (Wildman–Crippen MR) is 72.1 cm³/mol. The number of imidazole rings is 1. The summed E-state index contributed by atoms with van der Waals surface area (Å²) in [5.41, 5.74) is 3.54. The van der Waals surface area contributed by atoms with Gasteiger partial charge in [0.15, 0.2) is 0 Å². The summed E-state index contributed by atoms with van der Waals surface area (Å²) in [7, 11) is 0. The van der Waals surface area contributed by atoms with Crippen molar-refractivity contribution in [2.45, 2.75) is 37.9 Å². The normalized spacial score (nSPS) is 13.6. The fourth-order valence-electron chi connectivity index (χ4n) is 1.75. The summed E-state index contributed by atoms with van der Waals surface area (Å²) in [5, 5.41) is 0. The first kappa shape index (κ1) is 11.6. The molecule has 0 saturated heterocycles. The van der Waals surface area contributed by atoms with E-state index in [-0.39, 0.29) is 0 Å². The van der Waals surface area contributed by atoms with Crippen molar-refractivity contribution < 1.29 is 0 Å². The first-order valence-corrected chi connectivity index (χ1v) is 6.67. The molecule has 3 heteroatoms. The number of nitrogens with zero attached hydrogens (tertiary/aromatic N) is 1. The van der Waals surface area contributed by atoms with E-state index in [2.05, 4.69) is 64.9 Å². The molecule has 0 fully saturated rings. The minimum atomic E-state index is 0.322. The van der Waals surface area contributed by atoms with Crippen molar-refractivity contribution in [2.24, 2.45) is 0 Å². The maximum absolute atomic E-state index is 4.58. The van der Waals surface area contributed by atoms with Crippen molar-refractivity contribution >= 4 is 27.0 Å². The number of halogens is 1. The van der Waals surface area contributed by atoms with Gasteiger partial charge in [0.2, 0.25) is 0 Å². The number of hydrogen-bond acceptors (Lipinski definition) is 1. The summed E-state index contributed by atoms with van der Waals surface area (Å²) < 4.78 is 0. The van der Waals surface area contributed by atoms with Crippen LogP contribution in [0.5, 0.6) is 0 Å². The van der Waals surface area contributed by atoms with Gasteiger partial charge in [0.05, 0.1) is 15.9 Å². The van der Waals surface area contributed by atoms with Gasteiger partial charge in [-0.25, -0.2) is 4.98 Å². The monoisotopic (exact) mass is 280 g/mol. The average molecular weight is 281 g/mol. The molecule has 1 N–H and O–H groups in total. The lowest BCUT2D eigenvalue weighted by molar-refractivity contribution is 0.851. The van der Waals surface area contributed by atoms with Crippen molar-refractivity contribution in [3.05, 3.63) is 29.6 Å². The van der Waals surface area contributed by atoms with Gasteiger partial charge in [-0.3, -0.25) is 0 Å². The van der Waals surface area contributed by atoms with Crippen molar-refractivity contribution in [2.75, 3.05) is 0 Å². The standard InChI is InChI=1S/C13H17BrN2/c1-4-10(14)13-15-11-6-5-9(8(2)3)7-12(11)16-13/h5-8,10H,4H2,1-3H3,(H,15,16). The summed E-state index contributed by atoms with van der Waals surface area (Å²) in [6.45, 7) is 6.56. The highest BCUT2D eigenvalue weighted by molar-refractivity contribution is 9.09. The van der Waals surface area contributed by atoms with Gasteiger partial charge in [-0.2, -0.15) is 0 Å². The molecule has 86 valence electrons. The highest BCUT2D eigenvalue weighted by Crippen LogP contribution is 2.27. The minimum absolute atomic E-state index is 0.322. The highest BCUT2D eigenvalue weighted by atomic mass is 79.9. The smallest absolute Gasteiger partial charge is 0.121 e. The van der Waals surface area contributed by atoms with Crippen molar-refractivity contribution in [3.8, 4) is 0 Å². The number of H-pyrrole nitrogens is 1. The Balaban J connectivity index is 2.46. The first-order chi connectivity index (χ1) is 7.61. The van der Waals surface area contributed by atoms with Crippen molar-refractivity contribution in [1.82, 2.24) is 9.97 Å². The molecular formula is C13H17BrN2. The van der Waals surface area contributed by atoms with Crippen molar-refractivity contribution in [1.29, 1.82) is 0 Å². The van der Waals surface area contributed by atoms with Crippen molar-refractivity contribution in [3.63, 3.8) is 0 Å². The second-order valence-electron chi connectivity index (χ2n) is 4.43. The van der Waals surface area contributed by atoms with E-state index in [1.807, 2.05) is 0 Å². The second-order valence-corrected chi connectivity index (χ2v) is 5.53. The number of nitrogens with one attached hydrogen (secondary N) is 1. The number of rotatable bonds is 3. The number of fused-ring (bicyclic) bond motifs is 1. The van der Waals surface area contributed by atoms with E-state index < -0.39 is 0 Å². The Morgan fingerprint density at radius 3 is 2.75 bits per heavy atom. The van der Waals surface area contributed by atoms with Crippen LogP contribution >= 0.6 is 15.9 Å². The van der Waals surface area contributed by atoms with Crippen LogP contribution in [-0.2, 0) is 0 Å². The lowest BCUT2D eigenvalue weighted by Crippen LogP contribution is -1.89. The molecule has 1 unspecified atom stereocenters. The number of hydrogen-bond donors (Lipinski definition) is 1. The van der Waals surface area contributed by atoms with Crippen LogP contribution in [0.2, 0.25) is 0 Å². The third kappa shape index (κ3) is 2.14. The molecule has 1 aromatic carbocycles. The number of aromatic nitrogens is 2. The number of aromatic amines is 1. The zero-order chi connectivity index (χ0) is 11.7. The molecule has 1 aromatic heterocycles. The summed E-state index contributed by atoms with van der Waals surface area (Å²) in [6, 6.07) is 6.46. The Hall–Kier alpha value is -0.830. The highest BCUT2D eigenvalue weighted by Gasteiger charge is 2.11. The molecule has 0 amide bonds. The molecule has 1 heterocycles. The number of alkyl halides is 1. The SMILES string of the molecule is CCC(Br)c1nc2ccc(C(C)C)cc2[nH]1. The maximum Gasteiger partial charge on any atom is 0.121 e. The molecule has 0 aliphatic carbocycles. The summed E-state index contributed by atoms with van der Waals surface area (Å²) >= 11 is 3.62. The van der Waals surface area contributed by atoms with E-state index in [1.54, 1.807) is 0 Å². The van der Waals surface area contributed by atoms with E-state index in [0.29, 0.717) is 10.7 Å². The van der Waals surface area contributed by atoms with Gasteiger partial charge in [-0.1, -0.05) is 42.8 Å². The largest absolute Gasteiger partial charge is 0.341 e. The van der Waals surface area contributed by atoms with E-state index in [9.17, 15) is 0 Å². The summed E-state index contributed by atoms with van der Waals surface area (Å²) in [4.78, 5) is 8.29. The Labute approximate surface area is 105 Å². The lowest BCUT2D eigenvalue weighted by atomic mass is 10.0. The molecule has 16 heavy (non-hydrogen) atoms. The third-order valence-corrected chi connectivity index (χ3v) is 3.93. The molecule has 1 atom stereocenters. The Bertz CT molecular complexity index is 488. The Morgan fingerprint density at radius 2 is 2.12 bits per heavy atom. The molecule has 0 aliphatic rings. The van der Waals surface area contributed by atoms with Gasteiger partial charge in [-0.05, 0) is 30.0 Å². The molecular weight excluding hydrogens is 264 g/mol. The first-order valence-electron chi connectivity index (χ1n) is 5.75. The fourth-order valence-corrected chi connectivity index (χ4v) is 1.96. The zero-order valence-electron chi connectivity index (χ0n) is 9.92. The van der Waals surface area contributed by atoms with Crippen LogP contribution in [-0.4, -0.2) is 9.97 Å². The Morgan fingerprint density at radius 1 is 1.38 bits per heavy atom. The number of benzene rings is 1. The van der Waals surface area contributed by atoms with E-state index in [1.165, 1.54) is 5.56 Å². The molecule has 2 rings (SSSR count). The maximum atomic E-state index is 4.58. The second kappa shape index (κ2) is 4.58. The third-order valence-electron chi connectivity index (χ3n) is 2.85.